The molecule has 33 heavy (non-hydrogen) atoms. The summed E-state index contributed by atoms with van der Waals surface area (Å²) in [5.74, 6) is 0.0551. The van der Waals surface area contributed by atoms with Crippen molar-refractivity contribution in [3.05, 3.63) is 51.9 Å². The van der Waals surface area contributed by atoms with Crippen molar-refractivity contribution in [2.75, 3.05) is 32.7 Å². The van der Waals surface area contributed by atoms with Gasteiger partial charge in [-0.1, -0.05) is 17.7 Å². The van der Waals surface area contributed by atoms with Crippen LogP contribution in [0.3, 0.4) is 0 Å². The van der Waals surface area contributed by atoms with Gasteiger partial charge >= 0.3 is 0 Å². The Balaban J connectivity index is 1.70. The fraction of sp³-hybridized carbons (Fsp3) is 0.182. The van der Waals surface area contributed by atoms with Gasteiger partial charge in [-0.15, -0.1) is 0 Å². The zero-order valence-electron chi connectivity index (χ0n) is 17.6. The van der Waals surface area contributed by atoms with Gasteiger partial charge in [0.2, 0.25) is 5.91 Å². The van der Waals surface area contributed by atoms with Gasteiger partial charge in [0.25, 0.3) is 11.1 Å². The fourth-order valence-electron chi connectivity index (χ4n) is 2.88. The van der Waals surface area contributed by atoms with Gasteiger partial charge in [-0.2, -0.15) is 5.26 Å². The Labute approximate surface area is 198 Å². The van der Waals surface area contributed by atoms with Crippen LogP contribution in [0.25, 0.3) is 6.08 Å². The molecular formula is C22H18ClN3O6S. The molecule has 0 aliphatic carbocycles. The van der Waals surface area contributed by atoms with E-state index in [1.54, 1.807) is 30.3 Å². The lowest BCUT2D eigenvalue weighted by Gasteiger charge is -2.13. The van der Waals surface area contributed by atoms with Crippen molar-refractivity contribution in [1.82, 2.24) is 4.90 Å². The normalized spacial score (nSPS) is 14.2. The average Bonchev–Trinajstić information content (AvgIpc) is 3.05. The van der Waals surface area contributed by atoms with Crippen molar-refractivity contribution in [2.24, 2.45) is 0 Å². The highest BCUT2D eigenvalue weighted by molar-refractivity contribution is 8.18. The molecule has 0 bridgehead atoms. The second kappa shape index (κ2) is 10.8. The molecule has 1 aliphatic heterocycles. The highest BCUT2D eigenvalue weighted by Crippen LogP contribution is 2.34. The largest absolute Gasteiger partial charge is 0.495 e. The van der Waals surface area contributed by atoms with Gasteiger partial charge < -0.3 is 19.5 Å². The molecule has 170 valence electrons. The molecule has 0 unspecified atom stereocenters. The number of halogens is 1. The zero-order valence-corrected chi connectivity index (χ0v) is 19.2. The third-order valence-corrected chi connectivity index (χ3v) is 5.59. The minimum Gasteiger partial charge on any atom is -0.495 e. The maximum Gasteiger partial charge on any atom is 0.294 e. The number of carbonyl (C=O) groups excluding carboxylic acids is 3. The summed E-state index contributed by atoms with van der Waals surface area (Å²) >= 11 is 6.77. The van der Waals surface area contributed by atoms with Crippen molar-refractivity contribution in [3.8, 4) is 23.3 Å². The first-order valence-corrected chi connectivity index (χ1v) is 10.6. The van der Waals surface area contributed by atoms with Crippen LogP contribution >= 0.6 is 23.4 Å². The van der Waals surface area contributed by atoms with Crippen molar-refractivity contribution in [3.63, 3.8) is 0 Å². The summed E-state index contributed by atoms with van der Waals surface area (Å²) in [6, 6.07) is 11.4. The molecule has 0 atom stereocenters. The summed E-state index contributed by atoms with van der Waals surface area (Å²) in [6.07, 6.45) is 1.52. The topological polar surface area (TPSA) is 118 Å². The van der Waals surface area contributed by atoms with Crippen LogP contribution < -0.4 is 19.5 Å². The molecule has 1 N–H and O–H groups in total. The molecule has 3 amide bonds. The molecule has 9 nitrogen and oxygen atoms in total. The number of benzene rings is 2. The number of nitrogens with zero attached hydrogens (tertiary/aromatic N) is 2. The van der Waals surface area contributed by atoms with Crippen LogP contribution in [0.5, 0.6) is 17.2 Å². The fourth-order valence-corrected chi connectivity index (χ4v) is 3.98. The van der Waals surface area contributed by atoms with Crippen molar-refractivity contribution in [2.45, 2.75) is 0 Å². The molecule has 3 rings (SSSR count). The second-order valence-electron chi connectivity index (χ2n) is 6.52. The van der Waals surface area contributed by atoms with E-state index in [9.17, 15) is 14.4 Å². The third kappa shape index (κ3) is 5.77. The average molecular weight is 488 g/mol. The van der Waals surface area contributed by atoms with Crippen molar-refractivity contribution >= 4 is 52.2 Å². The van der Waals surface area contributed by atoms with Gasteiger partial charge in [0.1, 0.15) is 18.4 Å². The minimum absolute atomic E-state index is 0.139. The standard InChI is InChI=1S/C22H18ClN3O6S/c1-30-16-6-4-14(11-15(16)23)25-20(27)12-26-21(28)19(33-22(26)29)10-13-3-5-17(32-8-7-24)18(9-13)31-2/h3-6,9-11H,8,12H2,1-2H3,(H,25,27)/b19-10-. The molecule has 2 aromatic rings. The lowest BCUT2D eigenvalue weighted by Crippen LogP contribution is -2.36. The predicted molar refractivity (Wildman–Crippen MR) is 123 cm³/mol. The number of amides is 3. The molecule has 0 spiro atoms. The van der Waals surface area contributed by atoms with Gasteiger partial charge in [-0.3, -0.25) is 19.3 Å². The molecular weight excluding hydrogens is 470 g/mol. The minimum atomic E-state index is -0.586. The number of ether oxygens (including phenoxy) is 3. The van der Waals surface area contributed by atoms with Crippen LogP contribution in [-0.2, 0) is 9.59 Å². The number of thioether (sulfide) groups is 1. The Bertz CT molecular complexity index is 1180. The lowest BCUT2D eigenvalue weighted by atomic mass is 10.2. The van der Waals surface area contributed by atoms with Gasteiger partial charge in [0, 0.05) is 5.69 Å². The molecule has 0 aromatic heterocycles. The van der Waals surface area contributed by atoms with Gasteiger partial charge in [-0.05, 0) is 53.7 Å². The molecule has 0 saturated carbocycles. The first-order chi connectivity index (χ1) is 15.9. The highest BCUT2D eigenvalue weighted by atomic mass is 35.5. The summed E-state index contributed by atoms with van der Waals surface area (Å²) in [4.78, 5) is 38.5. The van der Waals surface area contributed by atoms with Gasteiger partial charge in [0.15, 0.2) is 18.1 Å². The Morgan fingerprint density at radius 3 is 2.55 bits per heavy atom. The Morgan fingerprint density at radius 2 is 1.88 bits per heavy atom. The number of methoxy groups -OCH3 is 2. The van der Waals surface area contributed by atoms with Crippen LogP contribution in [-0.4, -0.2) is 49.3 Å². The molecule has 1 saturated heterocycles. The number of nitriles is 1. The Kier molecular flexibility index (Phi) is 7.82. The van der Waals surface area contributed by atoms with Gasteiger partial charge in [-0.25, -0.2) is 0 Å². The van der Waals surface area contributed by atoms with E-state index in [1.165, 1.54) is 26.4 Å². The van der Waals surface area contributed by atoms with E-state index in [1.807, 2.05) is 6.07 Å². The second-order valence-corrected chi connectivity index (χ2v) is 7.92. The number of carbonyl (C=O) groups is 3. The maximum atomic E-state index is 12.7. The van der Waals surface area contributed by atoms with Crippen LogP contribution in [0.15, 0.2) is 41.3 Å². The van der Waals surface area contributed by atoms with E-state index in [-0.39, 0.29) is 11.5 Å². The van der Waals surface area contributed by atoms with E-state index in [0.717, 1.165) is 16.7 Å². The van der Waals surface area contributed by atoms with Crippen LogP contribution in [0.4, 0.5) is 10.5 Å². The Morgan fingerprint density at radius 1 is 1.15 bits per heavy atom. The number of anilines is 1. The number of rotatable bonds is 8. The summed E-state index contributed by atoms with van der Waals surface area (Å²) in [7, 11) is 2.92. The first kappa shape index (κ1) is 24.0. The lowest BCUT2D eigenvalue weighted by molar-refractivity contribution is -0.127. The smallest absolute Gasteiger partial charge is 0.294 e. The van der Waals surface area contributed by atoms with E-state index in [4.69, 9.17) is 31.1 Å². The molecule has 0 radical (unpaired) electrons. The van der Waals surface area contributed by atoms with E-state index in [2.05, 4.69) is 5.32 Å². The summed E-state index contributed by atoms with van der Waals surface area (Å²) in [5.41, 5.74) is 0.984. The monoisotopic (exact) mass is 487 g/mol. The molecule has 1 heterocycles. The number of imide groups is 1. The van der Waals surface area contributed by atoms with E-state index >= 15 is 0 Å². The molecule has 1 fully saturated rings. The zero-order chi connectivity index (χ0) is 24.0. The number of hydrogen-bond acceptors (Lipinski definition) is 8. The van der Waals surface area contributed by atoms with Crippen molar-refractivity contribution in [1.29, 1.82) is 5.26 Å². The van der Waals surface area contributed by atoms with Crippen LogP contribution in [0.2, 0.25) is 5.02 Å². The summed E-state index contributed by atoms with van der Waals surface area (Å²) in [6.45, 7) is -0.588. The Hall–Kier alpha value is -3.68. The first-order valence-electron chi connectivity index (χ1n) is 9.42. The van der Waals surface area contributed by atoms with Gasteiger partial charge in [0.05, 0.1) is 24.1 Å². The molecule has 2 aromatic carbocycles. The summed E-state index contributed by atoms with van der Waals surface area (Å²) < 4.78 is 15.6. The predicted octanol–water partition coefficient (Wildman–Crippen LogP) is 3.93. The number of hydrogen-bond donors (Lipinski definition) is 1. The van der Waals surface area contributed by atoms with Crippen LogP contribution in [0.1, 0.15) is 5.56 Å². The van der Waals surface area contributed by atoms with E-state index in [0.29, 0.717) is 33.5 Å². The molecule has 11 heteroatoms. The summed E-state index contributed by atoms with van der Waals surface area (Å²) in [5, 5.41) is 11.0. The third-order valence-electron chi connectivity index (χ3n) is 4.39. The van der Waals surface area contributed by atoms with Crippen molar-refractivity contribution < 1.29 is 28.6 Å². The van der Waals surface area contributed by atoms with E-state index < -0.39 is 23.6 Å². The quantitative estimate of drug-likeness (QED) is 0.556. The molecule has 1 aliphatic rings. The maximum absolute atomic E-state index is 12.7. The van der Waals surface area contributed by atoms with Crippen LogP contribution in [0, 0.1) is 11.3 Å². The SMILES string of the molecule is COc1ccc(NC(=O)CN2C(=O)S/C(=C\c3ccc(OCC#N)c(OC)c3)C2=O)cc1Cl. The number of nitrogens with one attached hydrogen (secondary N) is 1. The highest BCUT2D eigenvalue weighted by Gasteiger charge is 2.36.